The minimum absolute atomic E-state index is 0.0256. The highest BCUT2D eigenvalue weighted by atomic mass is 32.1. The second-order valence-corrected chi connectivity index (χ2v) is 8.81. The summed E-state index contributed by atoms with van der Waals surface area (Å²) in [6, 6.07) is 13.6. The molecule has 1 aliphatic heterocycles. The van der Waals surface area contributed by atoms with Gasteiger partial charge in [-0.15, -0.1) is 11.3 Å². The van der Waals surface area contributed by atoms with Crippen LogP contribution in [0.1, 0.15) is 41.5 Å². The van der Waals surface area contributed by atoms with E-state index in [2.05, 4.69) is 10.3 Å². The molecule has 4 rings (SSSR count). The van der Waals surface area contributed by atoms with Gasteiger partial charge in [0, 0.05) is 31.9 Å². The molecule has 2 aromatic carbocycles. The van der Waals surface area contributed by atoms with Crippen LogP contribution in [0.5, 0.6) is 0 Å². The highest BCUT2D eigenvalue weighted by Gasteiger charge is 2.31. The van der Waals surface area contributed by atoms with E-state index in [0.717, 1.165) is 37.1 Å². The fraction of sp³-hybridized carbons (Fsp3) is 0.391. The van der Waals surface area contributed by atoms with Gasteiger partial charge < -0.3 is 10.1 Å². The van der Waals surface area contributed by atoms with Gasteiger partial charge in [-0.05, 0) is 36.6 Å². The molecule has 1 saturated heterocycles. The second kappa shape index (κ2) is 9.36. The number of rotatable bonds is 6. The number of aromatic nitrogens is 1. The Morgan fingerprint density at radius 3 is 2.77 bits per heavy atom. The van der Waals surface area contributed by atoms with Gasteiger partial charge >= 0.3 is 6.18 Å². The summed E-state index contributed by atoms with van der Waals surface area (Å²) in [5, 5.41) is 3.65. The number of amides is 1. The zero-order valence-corrected chi connectivity index (χ0v) is 17.6. The third kappa shape index (κ3) is 5.43. The summed E-state index contributed by atoms with van der Waals surface area (Å²) in [7, 11) is 0. The molecule has 31 heavy (non-hydrogen) atoms. The van der Waals surface area contributed by atoms with Crippen LogP contribution < -0.4 is 5.32 Å². The zero-order chi connectivity index (χ0) is 21.8. The predicted octanol–water partition coefficient (Wildman–Crippen LogP) is 5.53. The van der Waals surface area contributed by atoms with Gasteiger partial charge in [-0.2, -0.15) is 13.2 Å². The third-order valence-electron chi connectivity index (χ3n) is 5.46. The van der Waals surface area contributed by atoms with Crippen molar-refractivity contribution in [3.63, 3.8) is 0 Å². The first-order chi connectivity index (χ1) is 14.9. The first kappa shape index (κ1) is 21.8. The molecule has 164 valence electrons. The number of fused-ring (bicyclic) bond motifs is 1. The van der Waals surface area contributed by atoms with Crippen LogP contribution in [0.4, 0.5) is 13.2 Å². The Bertz CT molecular complexity index is 1040. The fourth-order valence-electron chi connectivity index (χ4n) is 3.88. The molecule has 0 saturated carbocycles. The number of ether oxygens (including phenoxy) is 1. The lowest BCUT2D eigenvalue weighted by Crippen LogP contribution is -2.35. The predicted molar refractivity (Wildman–Crippen MR) is 114 cm³/mol. The number of nitrogens with zero attached hydrogens (tertiary/aromatic N) is 1. The zero-order valence-electron chi connectivity index (χ0n) is 16.8. The number of carbonyl (C=O) groups excluding carboxylic acids is 1. The molecule has 4 nitrogen and oxygen atoms in total. The molecule has 2 heterocycles. The van der Waals surface area contributed by atoms with Crippen molar-refractivity contribution in [2.45, 2.75) is 38.0 Å². The summed E-state index contributed by atoms with van der Waals surface area (Å²) < 4.78 is 45.2. The van der Waals surface area contributed by atoms with Gasteiger partial charge in [-0.3, -0.25) is 4.79 Å². The maximum atomic E-state index is 12.9. The summed E-state index contributed by atoms with van der Waals surface area (Å²) in [6.07, 6.45) is -1.82. The van der Waals surface area contributed by atoms with Crippen LogP contribution >= 0.6 is 11.3 Å². The minimum atomic E-state index is -4.39. The number of hydrogen-bond donors (Lipinski definition) is 1. The molecular formula is C23H23F3N2O2S. The van der Waals surface area contributed by atoms with Crippen molar-refractivity contribution in [3.05, 3.63) is 64.7 Å². The lowest BCUT2D eigenvalue weighted by molar-refractivity contribution is -0.137. The SMILES string of the molecule is O=C(CCc1nc2cc(C(F)(F)F)ccc2s1)NCC1CCCOC1c1ccccc1. The molecule has 2 atom stereocenters. The van der Waals surface area contributed by atoms with E-state index < -0.39 is 11.7 Å². The van der Waals surface area contributed by atoms with Crippen LogP contribution in [-0.2, 0) is 22.1 Å². The molecule has 0 spiro atoms. The normalized spacial score (nSPS) is 19.5. The largest absolute Gasteiger partial charge is 0.416 e. The second-order valence-electron chi connectivity index (χ2n) is 7.70. The molecule has 0 bridgehead atoms. The molecule has 1 N–H and O–H groups in total. The number of nitrogens with one attached hydrogen (secondary N) is 1. The van der Waals surface area contributed by atoms with Crippen molar-refractivity contribution in [2.24, 2.45) is 5.92 Å². The molecule has 1 aromatic heterocycles. The number of hydrogen-bond acceptors (Lipinski definition) is 4. The van der Waals surface area contributed by atoms with Gasteiger partial charge in [-0.1, -0.05) is 30.3 Å². The molecule has 2 unspecified atom stereocenters. The quantitative estimate of drug-likeness (QED) is 0.539. The van der Waals surface area contributed by atoms with E-state index in [1.807, 2.05) is 30.3 Å². The summed E-state index contributed by atoms with van der Waals surface area (Å²) in [4.78, 5) is 16.7. The average molecular weight is 449 g/mol. The number of benzene rings is 2. The Hall–Kier alpha value is -2.45. The van der Waals surface area contributed by atoms with Gasteiger partial charge in [0.15, 0.2) is 0 Å². The van der Waals surface area contributed by atoms with E-state index in [1.54, 1.807) is 0 Å². The van der Waals surface area contributed by atoms with E-state index in [4.69, 9.17) is 4.74 Å². The van der Waals surface area contributed by atoms with Crippen molar-refractivity contribution in [1.82, 2.24) is 10.3 Å². The highest BCUT2D eigenvalue weighted by molar-refractivity contribution is 7.18. The lowest BCUT2D eigenvalue weighted by Gasteiger charge is -2.32. The van der Waals surface area contributed by atoms with Crippen LogP contribution in [0.2, 0.25) is 0 Å². The van der Waals surface area contributed by atoms with Crippen molar-refractivity contribution >= 4 is 27.5 Å². The minimum Gasteiger partial charge on any atom is -0.373 e. The fourth-order valence-corrected chi connectivity index (χ4v) is 4.82. The highest BCUT2D eigenvalue weighted by Crippen LogP contribution is 2.34. The topological polar surface area (TPSA) is 51.2 Å². The van der Waals surface area contributed by atoms with Crippen LogP contribution in [0, 0.1) is 5.92 Å². The lowest BCUT2D eigenvalue weighted by atomic mass is 9.89. The summed E-state index contributed by atoms with van der Waals surface area (Å²) in [5.74, 6) is 0.121. The first-order valence-electron chi connectivity index (χ1n) is 10.3. The standard InChI is InChI=1S/C23H23F3N2O2S/c24-23(25,26)17-8-9-19-18(13-17)28-21(31-19)11-10-20(29)27-14-16-7-4-12-30-22(16)15-5-2-1-3-6-15/h1-3,5-6,8-9,13,16,22H,4,7,10-12,14H2,(H,27,29). The van der Waals surface area contributed by atoms with E-state index in [0.29, 0.717) is 28.2 Å². The van der Waals surface area contributed by atoms with Crippen molar-refractivity contribution in [1.29, 1.82) is 0 Å². The molecule has 1 fully saturated rings. The van der Waals surface area contributed by atoms with Crippen LogP contribution in [0.15, 0.2) is 48.5 Å². The van der Waals surface area contributed by atoms with Crippen molar-refractivity contribution < 1.29 is 22.7 Å². The van der Waals surface area contributed by atoms with Gasteiger partial charge in [0.05, 0.1) is 26.9 Å². The first-order valence-corrected chi connectivity index (χ1v) is 11.1. The van der Waals surface area contributed by atoms with Gasteiger partial charge in [0.1, 0.15) is 0 Å². The Morgan fingerprint density at radius 2 is 2.00 bits per heavy atom. The Labute approximate surface area is 182 Å². The van der Waals surface area contributed by atoms with E-state index in [1.165, 1.54) is 17.4 Å². The van der Waals surface area contributed by atoms with Gasteiger partial charge in [0.2, 0.25) is 5.91 Å². The van der Waals surface area contributed by atoms with Crippen LogP contribution in [0.3, 0.4) is 0 Å². The van der Waals surface area contributed by atoms with E-state index in [9.17, 15) is 18.0 Å². The molecule has 0 radical (unpaired) electrons. The molecule has 8 heteroatoms. The molecular weight excluding hydrogens is 425 g/mol. The number of thiazole rings is 1. The van der Waals surface area contributed by atoms with Crippen molar-refractivity contribution in [2.75, 3.05) is 13.2 Å². The van der Waals surface area contributed by atoms with Crippen LogP contribution in [0.25, 0.3) is 10.2 Å². The van der Waals surface area contributed by atoms with Crippen LogP contribution in [-0.4, -0.2) is 24.0 Å². The maximum absolute atomic E-state index is 12.9. The number of carbonyl (C=O) groups is 1. The molecule has 3 aromatic rings. The average Bonchev–Trinajstić information content (AvgIpc) is 3.19. The third-order valence-corrected chi connectivity index (χ3v) is 6.56. The Balaban J connectivity index is 1.32. The number of aryl methyl sites for hydroxylation is 1. The molecule has 1 amide bonds. The van der Waals surface area contributed by atoms with E-state index in [-0.39, 0.29) is 24.3 Å². The summed E-state index contributed by atoms with van der Waals surface area (Å²) in [5.41, 5.74) is 0.728. The molecule has 1 aliphatic rings. The Kier molecular flexibility index (Phi) is 6.57. The molecule has 0 aliphatic carbocycles. The van der Waals surface area contributed by atoms with E-state index >= 15 is 0 Å². The smallest absolute Gasteiger partial charge is 0.373 e. The summed E-state index contributed by atoms with van der Waals surface area (Å²) >= 11 is 1.32. The Morgan fingerprint density at radius 1 is 1.19 bits per heavy atom. The number of alkyl halides is 3. The van der Waals surface area contributed by atoms with Gasteiger partial charge in [0.25, 0.3) is 0 Å². The monoisotopic (exact) mass is 448 g/mol. The maximum Gasteiger partial charge on any atom is 0.416 e. The summed E-state index contributed by atoms with van der Waals surface area (Å²) in [6.45, 7) is 1.25. The van der Waals surface area contributed by atoms with Gasteiger partial charge in [-0.25, -0.2) is 4.98 Å². The van der Waals surface area contributed by atoms with Crippen molar-refractivity contribution in [3.8, 4) is 0 Å². The number of halogens is 3.